The molecule has 0 aromatic heterocycles. The van der Waals surface area contributed by atoms with E-state index in [1.54, 1.807) is 0 Å². The summed E-state index contributed by atoms with van der Waals surface area (Å²) in [6.45, 7) is 1.94. The summed E-state index contributed by atoms with van der Waals surface area (Å²) >= 11 is 0. The lowest BCUT2D eigenvalue weighted by Crippen LogP contribution is -2.33. The number of nitro benzene ring substituents is 1. The molecule has 0 aliphatic carbocycles. The Morgan fingerprint density at radius 3 is 2.47 bits per heavy atom. The van der Waals surface area contributed by atoms with Gasteiger partial charge >= 0.3 is 0 Å². The molecule has 0 heterocycles. The van der Waals surface area contributed by atoms with Crippen molar-refractivity contribution in [2.75, 3.05) is 18.8 Å². The SMILES string of the molecule is CC(=O)NCCNC(=O)c1ccc([N+](=O)[O-])c(N)c1. The van der Waals surface area contributed by atoms with Gasteiger partial charge in [0.05, 0.1) is 4.92 Å². The van der Waals surface area contributed by atoms with Gasteiger partial charge in [0.15, 0.2) is 0 Å². The first-order chi connectivity index (χ1) is 8.91. The van der Waals surface area contributed by atoms with Crippen molar-refractivity contribution in [3.63, 3.8) is 0 Å². The van der Waals surface area contributed by atoms with Gasteiger partial charge in [0.1, 0.15) is 5.69 Å². The summed E-state index contributed by atoms with van der Waals surface area (Å²) in [7, 11) is 0. The van der Waals surface area contributed by atoms with Gasteiger partial charge in [0, 0.05) is 31.6 Å². The van der Waals surface area contributed by atoms with Crippen LogP contribution in [0.1, 0.15) is 17.3 Å². The minimum absolute atomic E-state index is 0.0699. The van der Waals surface area contributed by atoms with Crippen LogP contribution in [0.4, 0.5) is 11.4 Å². The van der Waals surface area contributed by atoms with Crippen LogP contribution in [0.25, 0.3) is 0 Å². The third-order valence-corrected chi connectivity index (χ3v) is 2.27. The number of rotatable bonds is 5. The van der Waals surface area contributed by atoms with E-state index in [9.17, 15) is 19.7 Å². The number of hydrogen-bond donors (Lipinski definition) is 3. The zero-order chi connectivity index (χ0) is 14.4. The number of benzene rings is 1. The normalized spacial score (nSPS) is 9.74. The first-order valence-corrected chi connectivity index (χ1v) is 5.48. The molecule has 0 unspecified atom stereocenters. The fraction of sp³-hybridized carbons (Fsp3) is 0.273. The number of hydrogen-bond acceptors (Lipinski definition) is 5. The molecule has 0 aliphatic heterocycles. The summed E-state index contributed by atoms with van der Waals surface area (Å²) in [5, 5.41) is 15.6. The molecule has 8 heteroatoms. The van der Waals surface area contributed by atoms with Gasteiger partial charge in [0.2, 0.25) is 5.91 Å². The highest BCUT2D eigenvalue weighted by atomic mass is 16.6. The van der Waals surface area contributed by atoms with E-state index in [0.717, 1.165) is 0 Å². The molecule has 19 heavy (non-hydrogen) atoms. The van der Waals surface area contributed by atoms with Crippen LogP contribution in [0, 0.1) is 10.1 Å². The van der Waals surface area contributed by atoms with Gasteiger partial charge in [-0.3, -0.25) is 19.7 Å². The van der Waals surface area contributed by atoms with Crippen LogP contribution < -0.4 is 16.4 Å². The summed E-state index contributed by atoms with van der Waals surface area (Å²) < 4.78 is 0. The van der Waals surface area contributed by atoms with Gasteiger partial charge in [0.25, 0.3) is 11.6 Å². The van der Waals surface area contributed by atoms with Crippen molar-refractivity contribution in [3.8, 4) is 0 Å². The Morgan fingerprint density at radius 1 is 1.32 bits per heavy atom. The molecule has 2 amide bonds. The second kappa shape index (κ2) is 6.34. The molecule has 0 bridgehead atoms. The number of nitrogen functional groups attached to an aromatic ring is 1. The number of nitrogens with two attached hydrogens (primary N) is 1. The van der Waals surface area contributed by atoms with Crippen LogP contribution >= 0.6 is 0 Å². The lowest BCUT2D eigenvalue weighted by molar-refractivity contribution is -0.383. The second-order valence-corrected chi connectivity index (χ2v) is 3.77. The fourth-order valence-electron chi connectivity index (χ4n) is 1.38. The lowest BCUT2D eigenvalue weighted by Gasteiger charge is -2.06. The van der Waals surface area contributed by atoms with Gasteiger partial charge in [-0.2, -0.15) is 0 Å². The first kappa shape index (κ1) is 14.4. The number of anilines is 1. The Kier molecular flexibility index (Phi) is 4.81. The smallest absolute Gasteiger partial charge is 0.292 e. The summed E-state index contributed by atoms with van der Waals surface area (Å²) in [4.78, 5) is 32.2. The Balaban J connectivity index is 2.60. The van der Waals surface area contributed by atoms with E-state index >= 15 is 0 Å². The second-order valence-electron chi connectivity index (χ2n) is 3.77. The van der Waals surface area contributed by atoms with Gasteiger partial charge < -0.3 is 16.4 Å². The van der Waals surface area contributed by atoms with Gasteiger partial charge in [-0.25, -0.2) is 0 Å². The molecule has 8 nitrogen and oxygen atoms in total. The number of carbonyl (C=O) groups is 2. The maximum atomic E-state index is 11.7. The summed E-state index contributed by atoms with van der Waals surface area (Å²) in [6.07, 6.45) is 0. The molecule has 4 N–H and O–H groups in total. The molecule has 0 radical (unpaired) electrons. The predicted molar refractivity (Wildman–Crippen MR) is 68.5 cm³/mol. The van der Waals surface area contributed by atoms with Crippen LogP contribution in [0.3, 0.4) is 0 Å². The molecular weight excluding hydrogens is 252 g/mol. The minimum atomic E-state index is -0.617. The summed E-state index contributed by atoms with van der Waals surface area (Å²) in [5.74, 6) is -0.597. The van der Waals surface area contributed by atoms with Crippen LogP contribution in [0.5, 0.6) is 0 Å². The topological polar surface area (TPSA) is 127 Å². The molecule has 0 saturated carbocycles. The number of nitro groups is 1. The van der Waals surface area contributed by atoms with Crippen molar-refractivity contribution < 1.29 is 14.5 Å². The highest BCUT2D eigenvalue weighted by molar-refractivity contribution is 5.95. The van der Waals surface area contributed by atoms with Crippen molar-refractivity contribution in [2.45, 2.75) is 6.92 Å². The molecule has 102 valence electrons. The van der Waals surface area contributed by atoms with Crippen LogP contribution in [0.2, 0.25) is 0 Å². The molecule has 1 aromatic carbocycles. The summed E-state index contributed by atoms with van der Waals surface area (Å²) in [6, 6.07) is 3.74. The van der Waals surface area contributed by atoms with Crippen LogP contribution in [0.15, 0.2) is 18.2 Å². The van der Waals surface area contributed by atoms with Crippen LogP contribution in [-0.2, 0) is 4.79 Å². The molecule has 0 fully saturated rings. The fourth-order valence-corrected chi connectivity index (χ4v) is 1.38. The average Bonchev–Trinajstić information content (AvgIpc) is 2.33. The maximum absolute atomic E-state index is 11.7. The number of carbonyl (C=O) groups excluding carboxylic acids is 2. The highest BCUT2D eigenvalue weighted by Gasteiger charge is 2.14. The Morgan fingerprint density at radius 2 is 1.95 bits per heavy atom. The van der Waals surface area contributed by atoms with Crippen LogP contribution in [-0.4, -0.2) is 29.8 Å². The molecule has 0 spiro atoms. The monoisotopic (exact) mass is 266 g/mol. The molecular formula is C11H14N4O4. The van der Waals surface area contributed by atoms with Crippen molar-refractivity contribution in [3.05, 3.63) is 33.9 Å². The van der Waals surface area contributed by atoms with Gasteiger partial charge in [-0.15, -0.1) is 0 Å². The van der Waals surface area contributed by atoms with Crippen molar-refractivity contribution in [2.24, 2.45) is 0 Å². The Hall–Kier alpha value is -2.64. The van der Waals surface area contributed by atoms with Crippen molar-refractivity contribution in [1.82, 2.24) is 10.6 Å². The molecule has 1 aromatic rings. The maximum Gasteiger partial charge on any atom is 0.292 e. The van der Waals surface area contributed by atoms with E-state index in [2.05, 4.69) is 10.6 Å². The quantitative estimate of drug-likeness (QED) is 0.300. The molecule has 0 aliphatic rings. The molecule has 0 atom stereocenters. The predicted octanol–water partition coefficient (Wildman–Crippen LogP) is 0.0429. The van der Waals surface area contributed by atoms with E-state index in [-0.39, 0.29) is 29.4 Å². The van der Waals surface area contributed by atoms with Gasteiger partial charge in [-0.05, 0) is 12.1 Å². The first-order valence-electron chi connectivity index (χ1n) is 5.48. The molecule has 1 rings (SSSR count). The summed E-state index contributed by atoms with van der Waals surface area (Å²) in [5.41, 5.74) is 5.39. The Bertz CT molecular complexity index is 515. The van der Waals surface area contributed by atoms with E-state index in [0.29, 0.717) is 6.54 Å². The molecule has 0 saturated heterocycles. The van der Waals surface area contributed by atoms with Crippen molar-refractivity contribution >= 4 is 23.2 Å². The third kappa shape index (κ3) is 4.26. The Labute approximate surface area is 109 Å². The zero-order valence-corrected chi connectivity index (χ0v) is 10.3. The third-order valence-electron chi connectivity index (χ3n) is 2.27. The number of nitrogens with one attached hydrogen (secondary N) is 2. The van der Waals surface area contributed by atoms with E-state index in [1.165, 1.54) is 25.1 Å². The lowest BCUT2D eigenvalue weighted by atomic mass is 10.1. The van der Waals surface area contributed by atoms with E-state index in [4.69, 9.17) is 5.73 Å². The highest BCUT2D eigenvalue weighted by Crippen LogP contribution is 2.21. The largest absolute Gasteiger partial charge is 0.393 e. The van der Waals surface area contributed by atoms with E-state index in [1.807, 2.05) is 0 Å². The van der Waals surface area contributed by atoms with Crippen molar-refractivity contribution in [1.29, 1.82) is 0 Å². The van der Waals surface area contributed by atoms with Gasteiger partial charge in [-0.1, -0.05) is 0 Å². The standard InChI is InChI=1S/C11H14N4O4/c1-7(16)13-4-5-14-11(17)8-2-3-10(15(18)19)9(12)6-8/h2-3,6H,4-5,12H2,1H3,(H,13,16)(H,14,17). The van der Waals surface area contributed by atoms with E-state index < -0.39 is 10.8 Å². The zero-order valence-electron chi connectivity index (χ0n) is 10.3. The average molecular weight is 266 g/mol. The number of amides is 2. The number of nitrogens with zero attached hydrogens (tertiary/aromatic N) is 1. The minimum Gasteiger partial charge on any atom is -0.393 e.